The number of nitrogens with one attached hydrogen (secondary N) is 1. The first kappa shape index (κ1) is 22.1. The van der Waals surface area contributed by atoms with E-state index in [1.807, 2.05) is 30.3 Å². The monoisotopic (exact) mass is 435 g/mol. The van der Waals surface area contributed by atoms with Crippen LogP contribution in [-0.4, -0.2) is 23.8 Å². The van der Waals surface area contributed by atoms with E-state index in [9.17, 15) is 14.4 Å². The Balaban J connectivity index is 1.25. The number of ketones is 1. The van der Waals surface area contributed by atoms with Crippen LogP contribution in [0.3, 0.4) is 0 Å². The Morgan fingerprint density at radius 1 is 1.00 bits per heavy atom. The number of carbonyl (C=O) groups excluding carboxylic acids is 3. The van der Waals surface area contributed by atoms with E-state index in [4.69, 9.17) is 9.47 Å². The minimum Gasteiger partial charge on any atom is -0.489 e. The lowest BCUT2D eigenvalue weighted by Crippen LogP contribution is -2.41. The third-order valence-electron chi connectivity index (χ3n) is 6.41. The molecule has 2 saturated carbocycles. The highest BCUT2D eigenvalue weighted by Gasteiger charge is 2.42. The summed E-state index contributed by atoms with van der Waals surface area (Å²) in [6.07, 6.45) is 2.96. The maximum Gasteiger partial charge on any atom is 0.309 e. The van der Waals surface area contributed by atoms with E-state index in [-0.39, 0.29) is 29.6 Å². The molecule has 2 bridgehead atoms. The molecule has 4 rings (SSSR count). The van der Waals surface area contributed by atoms with E-state index in [1.54, 1.807) is 31.2 Å². The Hall–Kier alpha value is -3.15. The lowest BCUT2D eigenvalue weighted by atomic mass is 9.67. The Morgan fingerprint density at radius 2 is 1.66 bits per heavy atom. The second-order valence-electron chi connectivity index (χ2n) is 8.76. The van der Waals surface area contributed by atoms with Crippen molar-refractivity contribution in [3.8, 4) is 5.75 Å². The van der Waals surface area contributed by atoms with Crippen molar-refractivity contribution in [3.63, 3.8) is 0 Å². The quantitative estimate of drug-likeness (QED) is 0.646. The number of esters is 1. The van der Waals surface area contributed by atoms with Gasteiger partial charge in [0.1, 0.15) is 18.1 Å². The lowest BCUT2D eigenvalue weighted by Gasteiger charge is -2.36. The standard InChI is InChI=1S/C26H29NO5/c1-17(32-26(30)21-14-19-8-5-9-20(15-21)24(19)28)25(29)27-22-10-12-23(13-11-22)31-16-18-6-3-2-4-7-18/h2-4,6-7,10-13,17,19-21H,5,8-9,14-16H2,1H3,(H,27,29). The zero-order valence-electron chi connectivity index (χ0n) is 18.3. The van der Waals surface area contributed by atoms with Crippen LogP contribution in [0.25, 0.3) is 0 Å². The van der Waals surface area contributed by atoms with E-state index in [1.165, 1.54) is 0 Å². The molecule has 0 radical (unpaired) electrons. The summed E-state index contributed by atoms with van der Waals surface area (Å²) in [5.74, 6) is -0.0889. The summed E-state index contributed by atoms with van der Waals surface area (Å²) in [6, 6.07) is 16.9. The Bertz CT molecular complexity index is 940. The van der Waals surface area contributed by atoms with E-state index in [0.29, 0.717) is 36.7 Å². The molecule has 2 aromatic rings. The third kappa shape index (κ3) is 5.36. The second-order valence-corrected chi connectivity index (χ2v) is 8.76. The molecule has 0 aliphatic heterocycles. The van der Waals surface area contributed by atoms with Crippen molar-refractivity contribution >= 4 is 23.3 Å². The fourth-order valence-electron chi connectivity index (χ4n) is 4.62. The molecular weight excluding hydrogens is 406 g/mol. The SMILES string of the molecule is CC(OC(=O)C1CC2CCCC(C1)C2=O)C(=O)Nc1ccc(OCc2ccccc2)cc1. The van der Waals surface area contributed by atoms with Crippen LogP contribution in [0.2, 0.25) is 0 Å². The average Bonchev–Trinajstić information content (AvgIpc) is 2.79. The van der Waals surface area contributed by atoms with Gasteiger partial charge in [-0.05, 0) is 62.4 Å². The predicted molar refractivity (Wildman–Crippen MR) is 120 cm³/mol. The van der Waals surface area contributed by atoms with Crippen LogP contribution in [0.15, 0.2) is 54.6 Å². The van der Waals surface area contributed by atoms with E-state index in [0.717, 1.165) is 24.8 Å². The predicted octanol–water partition coefficient (Wildman–Crippen LogP) is 4.53. The summed E-state index contributed by atoms with van der Waals surface area (Å²) >= 11 is 0. The van der Waals surface area contributed by atoms with Gasteiger partial charge in [-0.2, -0.15) is 0 Å². The van der Waals surface area contributed by atoms with Gasteiger partial charge in [0.15, 0.2) is 6.10 Å². The van der Waals surface area contributed by atoms with Crippen LogP contribution >= 0.6 is 0 Å². The number of hydrogen-bond donors (Lipinski definition) is 1. The topological polar surface area (TPSA) is 81.7 Å². The number of carbonyl (C=O) groups is 3. The summed E-state index contributed by atoms with van der Waals surface area (Å²) in [5.41, 5.74) is 1.68. The number of Topliss-reactive ketones (excluding diaryl/α,β-unsaturated/α-hetero) is 1. The van der Waals surface area contributed by atoms with Gasteiger partial charge in [0, 0.05) is 17.5 Å². The molecule has 0 spiro atoms. The molecule has 6 nitrogen and oxygen atoms in total. The number of rotatable bonds is 7. The Labute approximate surface area is 188 Å². The van der Waals surface area contributed by atoms with Gasteiger partial charge in [-0.15, -0.1) is 0 Å². The largest absolute Gasteiger partial charge is 0.489 e. The third-order valence-corrected chi connectivity index (χ3v) is 6.41. The average molecular weight is 436 g/mol. The molecule has 0 saturated heterocycles. The summed E-state index contributed by atoms with van der Waals surface area (Å²) in [6.45, 7) is 2.04. The van der Waals surface area contributed by atoms with Gasteiger partial charge in [-0.25, -0.2) is 0 Å². The molecule has 1 N–H and O–H groups in total. The summed E-state index contributed by atoms with van der Waals surface area (Å²) in [4.78, 5) is 37.3. The molecule has 2 fully saturated rings. The number of fused-ring (bicyclic) bond motifs is 2. The molecule has 2 aliphatic carbocycles. The summed E-state index contributed by atoms with van der Waals surface area (Å²) in [5, 5.41) is 2.77. The van der Waals surface area contributed by atoms with Crippen molar-refractivity contribution in [2.75, 3.05) is 5.32 Å². The van der Waals surface area contributed by atoms with Crippen molar-refractivity contribution in [2.45, 2.75) is 51.7 Å². The van der Waals surface area contributed by atoms with Crippen LogP contribution in [0, 0.1) is 17.8 Å². The van der Waals surface area contributed by atoms with Gasteiger partial charge in [0.2, 0.25) is 0 Å². The molecular formula is C26H29NO5. The van der Waals surface area contributed by atoms with Crippen LogP contribution in [0.1, 0.15) is 44.6 Å². The number of hydrogen-bond acceptors (Lipinski definition) is 5. The highest BCUT2D eigenvalue weighted by Crippen LogP contribution is 2.40. The van der Waals surface area contributed by atoms with Gasteiger partial charge in [0.05, 0.1) is 5.92 Å². The molecule has 2 aliphatic rings. The Kier molecular flexibility index (Phi) is 6.88. The number of benzene rings is 2. The minimum atomic E-state index is -0.908. The first-order valence-electron chi connectivity index (χ1n) is 11.3. The van der Waals surface area contributed by atoms with E-state index >= 15 is 0 Å². The fourth-order valence-corrected chi connectivity index (χ4v) is 4.62. The number of anilines is 1. The van der Waals surface area contributed by atoms with Crippen molar-refractivity contribution in [1.29, 1.82) is 0 Å². The first-order valence-corrected chi connectivity index (χ1v) is 11.3. The smallest absolute Gasteiger partial charge is 0.309 e. The molecule has 6 heteroatoms. The molecule has 3 unspecified atom stereocenters. The normalized spacial score (nSPS) is 23.2. The molecule has 168 valence electrons. The number of amides is 1. The van der Waals surface area contributed by atoms with Crippen molar-refractivity contribution in [2.24, 2.45) is 17.8 Å². The molecule has 32 heavy (non-hydrogen) atoms. The summed E-state index contributed by atoms with van der Waals surface area (Å²) < 4.78 is 11.2. The highest BCUT2D eigenvalue weighted by molar-refractivity contribution is 5.95. The van der Waals surface area contributed by atoms with Gasteiger partial charge in [0.25, 0.3) is 5.91 Å². The van der Waals surface area contributed by atoms with Gasteiger partial charge in [-0.3, -0.25) is 14.4 Å². The van der Waals surface area contributed by atoms with Crippen LogP contribution in [0.5, 0.6) is 5.75 Å². The molecule has 1 amide bonds. The molecule has 2 aromatic carbocycles. The van der Waals surface area contributed by atoms with Crippen molar-refractivity contribution in [3.05, 3.63) is 60.2 Å². The first-order chi connectivity index (χ1) is 15.5. The maximum absolute atomic E-state index is 12.6. The molecule has 0 aromatic heterocycles. The summed E-state index contributed by atoms with van der Waals surface area (Å²) in [7, 11) is 0. The second kappa shape index (κ2) is 9.98. The van der Waals surface area contributed by atoms with Crippen molar-refractivity contribution in [1.82, 2.24) is 0 Å². The number of ether oxygens (including phenoxy) is 2. The van der Waals surface area contributed by atoms with Gasteiger partial charge >= 0.3 is 5.97 Å². The van der Waals surface area contributed by atoms with E-state index in [2.05, 4.69) is 5.32 Å². The van der Waals surface area contributed by atoms with E-state index < -0.39 is 6.10 Å². The fraction of sp³-hybridized carbons (Fsp3) is 0.423. The molecule has 0 heterocycles. The van der Waals surface area contributed by atoms with Crippen LogP contribution in [0.4, 0.5) is 5.69 Å². The Morgan fingerprint density at radius 3 is 2.31 bits per heavy atom. The zero-order chi connectivity index (χ0) is 22.5. The van der Waals surface area contributed by atoms with Crippen molar-refractivity contribution < 1.29 is 23.9 Å². The van der Waals surface area contributed by atoms with Gasteiger partial charge in [-0.1, -0.05) is 36.8 Å². The highest BCUT2D eigenvalue weighted by atomic mass is 16.5. The lowest BCUT2D eigenvalue weighted by molar-refractivity contribution is -0.161. The molecule has 3 atom stereocenters. The van der Waals surface area contributed by atoms with Crippen LogP contribution < -0.4 is 10.1 Å². The zero-order valence-corrected chi connectivity index (χ0v) is 18.3. The minimum absolute atomic E-state index is 0.0215. The maximum atomic E-state index is 12.6. The van der Waals surface area contributed by atoms with Crippen LogP contribution in [-0.2, 0) is 25.7 Å². The van der Waals surface area contributed by atoms with Gasteiger partial charge < -0.3 is 14.8 Å².